The topological polar surface area (TPSA) is 54.2 Å². The summed E-state index contributed by atoms with van der Waals surface area (Å²) in [5.41, 5.74) is 4.90. The van der Waals surface area contributed by atoms with Crippen molar-refractivity contribution in [1.29, 1.82) is 0 Å². The average Bonchev–Trinajstić information content (AvgIpc) is 3.36. The van der Waals surface area contributed by atoms with Crippen LogP contribution in [0.1, 0.15) is 42.3 Å². The number of halogens is 2. The number of hydrogen-bond donors (Lipinski definition) is 2. The zero-order valence-electron chi connectivity index (χ0n) is 16.5. The van der Waals surface area contributed by atoms with Crippen molar-refractivity contribution in [3.05, 3.63) is 51.8 Å². The Bertz CT molecular complexity index is 811. The molecule has 0 radical (unpaired) electrons. The first kappa shape index (κ1) is 22.0. The Kier molecular flexibility index (Phi) is 7.56. The first-order chi connectivity index (χ1) is 12.4. The van der Waals surface area contributed by atoms with Gasteiger partial charge in [0.2, 0.25) is 0 Å². The maximum atomic E-state index is 6.18. The van der Waals surface area contributed by atoms with E-state index in [4.69, 9.17) is 16.6 Å². The van der Waals surface area contributed by atoms with E-state index in [0.717, 1.165) is 29.8 Å². The normalized spacial score (nSPS) is 15.2. The van der Waals surface area contributed by atoms with Gasteiger partial charge in [-0.25, -0.2) is 4.99 Å². The van der Waals surface area contributed by atoms with Gasteiger partial charge in [-0.15, -0.1) is 24.0 Å². The molecule has 0 aliphatic heterocycles. The Balaban J connectivity index is 0.00000261. The predicted molar refractivity (Wildman–Crippen MR) is 123 cm³/mol. The van der Waals surface area contributed by atoms with Crippen molar-refractivity contribution in [1.82, 2.24) is 20.4 Å². The summed E-state index contributed by atoms with van der Waals surface area (Å²) >= 11 is 6.18. The second-order valence-corrected chi connectivity index (χ2v) is 7.55. The number of rotatable bonds is 6. The first-order valence-electron chi connectivity index (χ1n) is 9.22. The average molecular weight is 502 g/mol. The number of guanidine groups is 1. The lowest BCUT2D eigenvalue weighted by Crippen LogP contribution is -2.41. The lowest BCUT2D eigenvalue weighted by atomic mass is 9.96. The smallest absolute Gasteiger partial charge is 0.191 e. The van der Waals surface area contributed by atoms with Crippen LogP contribution in [0, 0.1) is 13.8 Å². The minimum Gasteiger partial charge on any atom is -0.357 e. The summed E-state index contributed by atoms with van der Waals surface area (Å²) in [6.07, 6.45) is 2.36. The SMILES string of the molecule is CCNC(=NCc1c(C)nn(C)c1C)NCC1(c2cccc(Cl)c2)CC1.I. The molecule has 7 heteroatoms. The van der Waals surface area contributed by atoms with Crippen LogP contribution in [0.15, 0.2) is 29.3 Å². The number of aliphatic imine (C=N–C) groups is 1. The van der Waals surface area contributed by atoms with Crippen molar-refractivity contribution < 1.29 is 0 Å². The van der Waals surface area contributed by atoms with Gasteiger partial charge in [-0.2, -0.15) is 5.10 Å². The van der Waals surface area contributed by atoms with Gasteiger partial charge in [0.25, 0.3) is 0 Å². The molecule has 2 N–H and O–H groups in total. The van der Waals surface area contributed by atoms with Crippen LogP contribution in [0.25, 0.3) is 0 Å². The van der Waals surface area contributed by atoms with E-state index in [9.17, 15) is 0 Å². The third-order valence-electron chi connectivity index (χ3n) is 5.28. The number of hydrogen-bond acceptors (Lipinski definition) is 2. The molecule has 1 heterocycles. The van der Waals surface area contributed by atoms with Gasteiger partial charge >= 0.3 is 0 Å². The summed E-state index contributed by atoms with van der Waals surface area (Å²) in [5, 5.41) is 12.1. The molecule has 0 saturated heterocycles. The maximum Gasteiger partial charge on any atom is 0.191 e. The zero-order valence-corrected chi connectivity index (χ0v) is 19.6. The fourth-order valence-electron chi connectivity index (χ4n) is 3.34. The molecule has 148 valence electrons. The van der Waals surface area contributed by atoms with E-state index in [-0.39, 0.29) is 29.4 Å². The van der Waals surface area contributed by atoms with Crippen molar-refractivity contribution in [2.24, 2.45) is 12.0 Å². The molecule has 1 saturated carbocycles. The quantitative estimate of drug-likeness (QED) is 0.356. The van der Waals surface area contributed by atoms with E-state index >= 15 is 0 Å². The predicted octanol–water partition coefficient (Wildman–Crippen LogP) is 4.10. The van der Waals surface area contributed by atoms with Crippen LogP contribution in [0.2, 0.25) is 5.02 Å². The van der Waals surface area contributed by atoms with Crippen LogP contribution < -0.4 is 10.6 Å². The van der Waals surface area contributed by atoms with Gasteiger partial charge in [-0.1, -0.05) is 23.7 Å². The lowest BCUT2D eigenvalue weighted by molar-refractivity contribution is 0.646. The summed E-state index contributed by atoms with van der Waals surface area (Å²) in [4.78, 5) is 4.78. The Morgan fingerprint density at radius 2 is 2.04 bits per heavy atom. The van der Waals surface area contributed by atoms with Gasteiger partial charge in [0.1, 0.15) is 0 Å². The monoisotopic (exact) mass is 501 g/mol. The second-order valence-electron chi connectivity index (χ2n) is 7.11. The zero-order chi connectivity index (χ0) is 18.7. The van der Waals surface area contributed by atoms with Crippen molar-refractivity contribution in [2.75, 3.05) is 13.1 Å². The van der Waals surface area contributed by atoms with Crippen molar-refractivity contribution in [2.45, 2.75) is 45.6 Å². The Morgan fingerprint density at radius 1 is 1.30 bits per heavy atom. The summed E-state index contributed by atoms with van der Waals surface area (Å²) in [6.45, 7) is 8.54. The molecule has 2 aromatic rings. The van der Waals surface area contributed by atoms with Crippen molar-refractivity contribution in [3.8, 4) is 0 Å². The molecule has 0 amide bonds. The number of aromatic nitrogens is 2. The molecule has 1 fully saturated rings. The van der Waals surface area contributed by atoms with E-state index in [1.165, 1.54) is 29.7 Å². The Morgan fingerprint density at radius 3 is 2.59 bits per heavy atom. The summed E-state index contributed by atoms with van der Waals surface area (Å²) in [5.74, 6) is 0.850. The first-order valence-corrected chi connectivity index (χ1v) is 9.60. The highest BCUT2D eigenvalue weighted by atomic mass is 127. The highest BCUT2D eigenvalue weighted by Crippen LogP contribution is 2.48. The third-order valence-corrected chi connectivity index (χ3v) is 5.52. The molecule has 27 heavy (non-hydrogen) atoms. The molecular formula is C20H29ClIN5. The van der Waals surface area contributed by atoms with Crippen LogP contribution in [-0.2, 0) is 19.0 Å². The lowest BCUT2D eigenvalue weighted by Gasteiger charge is -2.19. The molecule has 0 spiro atoms. The third kappa shape index (κ3) is 5.16. The van der Waals surface area contributed by atoms with E-state index in [2.05, 4.69) is 41.7 Å². The van der Waals surface area contributed by atoms with Crippen LogP contribution in [0.4, 0.5) is 0 Å². The van der Waals surface area contributed by atoms with E-state index < -0.39 is 0 Å². The molecule has 1 aliphatic rings. The number of aryl methyl sites for hydroxylation is 2. The number of nitrogens with zero attached hydrogens (tertiary/aromatic N) is 3. The van der Waals surface area contributed by atoms with Gasteiger partial charge in [0.05, 0.1) is 12.2 Å². The maximum absolute atomic E-state index is 6.18. The fraction of sp³-hybridized carbons (Fsp3) is 0.500. The van der Waals surface area contributed by atoms with Gasteiger partial charge in [-0.05, 0) is 51.3 Å². The molecule has 0 bridgehead atoms. The fourth-order valence-corrected chi connectivity index (χ4v) is 3.53. The highest BCUT2D eigenvalue weighted by molar-refractivity contribution is 14.0. The molecule has 1 aliphatic carbocycles. The molecule has 5 nitrogen and oxygen atoms in total. The largest absolute Gasteiger partial charge is 0.357 e. The minimum absolute atomic E-state index is 0. The summed E-state index contributed by atoms with van der Waals surface area (Å²) in [6, 6.07) is 8.22. The van der Waals surface area contributed by atoms with E-state index in [1.807, 2.05) is 30.8 Å². The number of nitrogens with one attached hydrogen (secondary N) is 2. The molecular weight excluding hydrogens is 473 g/mol. The molecule has 1 aromatic carbocycles. The van der Waals surface area contributed by atoms with Gasteiger partial charge in [-0.3, -0.25) is 4.68 Å². The minimum atomic E-state index is 0. The number of benzene rings is 1. The van der Waals surface area contributed by atoms with Crippen LogP contribution in [0.3, 0.4) is 0 Å². The molecule has 0 atom stereocenters. The van der Waals surface area contributed by atoms with Crippen LogP contribution in [0.5, 0.6) is 0 Å². The molecule has 1 aromatic heterocycles. The van der Waals surface area contributed by atoms with Crippen molar-refractivity contribution in [3.63, 3.8) is 0 Å². The van der Waals surface area contributed by atoms with Gasteiger partial charge < -0.3 is 10.6 Å². The van der Waals surface area contributed by atoms with Gasteiger partial charge in [0, 0.05) is 41.8 Å². The Hall–Kier alpha value is -1.28. The van der Waals surface area contributed by atoms with Crippen LogP contribution in [-0.4, -0.2) is 28.8 Å². The van der Waals surface area contributed by atoms with E-state index in [0.29, 0.717) is 6.54 Å². The summed E-state index contributed by atoms with van der Waals surface area (Å²) in [7, 11) is 1.97. The van der Waals surface area contributed by atoms with Crippen molar-refractivity contribution >= 4 is 41.5 Å². The molecule has 0 unspecified atom stereocenters. The standard InChI is InChI=1S/C20H28ClN5.HI/c1-5-22-19(23-12-18-14(2)25-26(4)15(18)3)24-13-20(9-10-20)16-7-6-8-17(21)11-16;/h6-8,11H,5,9-10,12-13H2,1-4H3,(H2,22,23,24);1H. The van der Waals surface area contributed by atoms with Crippen LogP contribution >= 0.6 is 35.6 Å². The second kappa shape index (κ2) is 9.28. The Labute approximate surface area is 184 Å². The molecule has 3 rings (SSSR count). The van der Waals surface area contributed by atoms with Gasteiger partial charge in [0.15, 0.2) is 5.96 Å². The summed E-state index contributed by atoms with van der Waals surface area (Å²) < 4.78 is 1.92. The highest BCUT2D eigenvalue weighted by Gasteiger charge is 2.44. The van der Waals surface area contributed by atoms with E-state index in [1.54, 1.807) is 0 Å².